The van der Waals surface area contributed by atoms with Crippen LogP contribution in [0.25, 0.3) is 0 Å². The van der Waals surface area contributed by atoms with Crippen LogP contribution in [-0.2, 0) is 5.28 Å². The number of nitrogens with zero attached hydrogens (tertiary/aromatic N) is 2. The summed E-state index contributed by atoms with van der Waals surface area (Å²) < 4.78 is -0.0729. The highest BCUT2D eigenvalue weighted by Crippen LogP contribution is 2.76. The Morgan fingerprint density at radius 1 is 0.909 bits per heavy atom. The molecule has 0 bridgehead atoms. The van der Waals surface area contributed by atoms with E-state index in [1.54, 1.807) is 0 Å². The minimum atomic E-state index is -1.61. The summed E-state index contributed by atoms with van der Waals surface area (Å²) in [7, 11) is -4.07. The fraction of sp³-hybridized carbons (Fsp3) is 0.625. The summed E-state index contributed by atoms with van der Waals surface area (Å²) in [5.41, 5.74) is 2.48. The van der Waals surface area contributed by atoms with Crippen LogP contribution >= 0.6 is 18.5 Å². The van der Waals surface area contributed by atoms with E-state index in [1.165, 1.54) is 11.1 Å². The maximum atomic E-state index is 7.23. The van der Waals surface area contributed by atoms with E-state index < -0.39 is 23.4 Å². The van der Waals surface area contributed by atoms with Crippen LogP contribution in [0.3, 0.4) is 0 Å². The van der Waals surface area contributed by atoms with Crippen LogP contribution in [0.15, 0.2) is 34.5 Å². The summed E-state index contributed by atoms with van der Waals surface area (Å²) in [6.07, 6.45) is 0. The Bertz CT molecular complexity index is 576. The van der Waals surface area contributed by atoms with Crippen LogP contribution in [0.2, 0.25) is 39.3 Å². The normalized spacial score (nSPS) is 28.1. The third kappa shape index (κ3) is 2.56. The predicted octanol–water partition coefficient (Wildman–Crippen LogP) is 6.72. The highest BCUT2D eigenvalue weighted by Gasteiger charge is 2.66. The van der Waals surface area contributed by atoms with Crippen LogP contribution < -0.4 is 0 Å². The molecule has 2 rings (SSSR count). The molecule has 122 valence electrons. The van der Waals surface area contributed by atoms with Crippen molar-refractivity contribution >= 4 is 34.7 Å². The summed E-state index contributed by atoms with van der Waals surface area (Å²) in [4.78, 5) is 0. The van der Waals surface area contributed by atoms with E-state index in [9.17, 15) is 0 Å². The van der Waals surface area contributed by atoms with Crippen molar-refractivity contribution in [1.29, 1.82) is 0 Å². The van der Waals surface area contributed by atoms with Gasteiger partial charge < -0.3 is 0 Å². The summed E-state index contributed by atoms with van der Waals surface area (Å²) in [5, 5.41) is 9.46. The highest BCUT2D eigenvalue weighted by atomic mass is 35.7. The van der Waals surface area contributed by atoms with Crippen molar-refractivity contribution in [1.82, 2.24) is 0 Å². The summed E-state index contributed by atoms with van der Waals surface area (Å²) in [6, 6.07) is 8.66. The number of azo groups is 1. The van der Waals surface area contributed by atoms with Gasteiger partial charge in [-0.15, -0.1) is 0 Å². The first-order valence-corrected chi connectivity index (χ1v) is 17.1. The Balaban J connectivity index is 2.58. The third-order valence-electron chi connectivity index (χ3n) is 4.75. The Morgan fingerprint density at radius 2 is 1.36 bits per heavy atom. The lowest BCUT2D eigenvalue weighted by atomic mass is 10.1. The zero-order valence-electron chi connectivity index (χ0n) is 15.0. The van der Waals surface area contributed by atoms with Crippen LogP contribution in [0.1, 0.15) is 18.1 Å². The monoisotopic (exact) mass is 370 g/mol. The van der Waals surface area contributed by atoms with Gasteiger partial charge in [-0.05, 0) is 19.4 Å². The largest absolute Gasteiger partial charge is 0.187 e. The number of aryl methyl sites for hydroxylation is 1. The number of benzene rings is 1. The summed E-state index contributed by atoms with van der Waals surface area (Å²) >= 11 is 7.23. The Labute approximate surface area is 143 Å². The smallest absolute Gasteiger partial charge is 0.138 e. The number of hydrogen-bond donors (Lipinski definition) is 0. The quantitative estimate of drug-likeness (QED) is 0.416. The van der Waals surface area contributed by atoms with Crippen LogP contribution in [0, 0.1) is 6.92 Å². The molecule has 0 saturated heterocycles. The molecule has 6 heteroatoms. The zero-order valence-corrected chi connectivity index (χ0v) is 18.7. The Hall–Kier alpha value is -0.0262. The second-order valence-electron chi connectivity index (χ2n) is 8.54. The topological polar surface area (TPSA) is 24.7 Å². The van der Waals surface area contributed by atoms with Gasteiger partial charge in [0.25, 0.3) is 0 Å². The van der Waals surface area contributed by atoms with E-state index in [2.05, 4.69) is 77.4 Å². The maximum Gasteiger partial charge on any atom is 0.138 e. The molecule has 0 aromatic heterocycles. The zero-order chi connectivity index (χ0) is 17.0. The Morgan fingerprint density at radius 3 is 1.73 bits per heavy atom. The molecule has 0 spiro atoms. The molecular formula is C16H28ClN2PSi2. The van der Waals surface area contributed by atoms with E-state index in [0.717, 1.165) is 0 Å². The number of halogens is 1. The van der Waals surface area contributed by atoms with E-state index >= 15 is 0 Å². The molecule has 2 nitrogen and oxygen atoms in total. The first-order valence-electron chi connectivity index (χ1n) is 7.83. The highest BCUT2D eigenvalue weighted by molar-refractivity contribution is 7.90. The molecule has 1 heterocycles. The van der Waals surface area contributed by atoms with E-state index in [1.807, 2.05) is 0 Å². The van der Waals surface area contributed by atoms with Gasteiger partial charge in [-0.1, -0.05) is 80.4 Å². The molecule has 1 aliphatic heterocycles. The molecule has 0 N–H and O–H groups in total. The van der Waals surface area contributed by atoms with Crippen molar-refractivity contribution in [3.8, 4) is 0 Å². The van der Waals surface area contributed by atoms with Crippen molar-refractivity contribution in [3.63, 3.8) is 0 Å². The molecule has 0 aliphatic carbocycles. The molecule has 1 aliphatic rings. The Kier molecular flexibility index (Phi) is 4.59. The molecule has 1 aromatic carbocycles. The molecular weight excluding hydrogens is 343 g/mol. The SMILES string of the molecule is Cc1ccc([C@@]2(C)N=NC([Si](C)(C)C)([Si](C)(C)C)[P@@]2Cl)cc1. The molecule has 0 amide bonds. The number of rotatable bonds is 3. The first-order chi connectivity index (χ1) is 9.86. The molecule has 0 fully saturated rings. The van der Waals surface area contributed by atoms with Crippen LogP contribution in [0.5, 0.6) is 0 Å². The van der Waals surface area contributed by atoms with Gasteiger partial charge >= 0.3 is 0 Å². The minimum absolute atomic E-state index is 0.0729. The molecule has 0 radical (unpaired) electrons. The minimum Gasteiger partial charge on any atom is -0.187 e. The van der Waals surface area contributed by atoms with Crippen LogP contribution in [-0.4, -0.2) is 20.7 Å². The first kappa shape index (κ1) is 18.3. The van der Waals surface area contributed by atoms with Gasteiger partial charge in [0, 0.05) is 7.27 Å². The lowest BCUT2D eigenvalue weighted by Crippen LogP contribution is -2.62. The maximum absolute atomic E-state index is 7.23. The second-order valence-corrected chi connectivity index (χ2v) is 23.4. The van der Waals surface area contributed by atoms with E-state index in [4.69, 9.17) is 21.5 Å². The van der Waals surface area contributed by atoms with Crippen molar-refractivity contribution < 1.29 is 0 Å². The van der Waals surface area contributed by atoms with Crippen molar-refractivity contribution in [3.05, 3.63) is 35.4 Å². The van der Waals surface area contributed by atoms with E-state index in [0.29, 0.717) is 0 Å². The van der Waals surface area contributed by atoms with Crippen molar-refractivity contribution in [2.45, 2.75) is 62.9 Å². The fourth-order valence-corrected chi connectivity index (χ4v) is 25.6. The van der Waals surface area contributed by atoms with Crippen molar-refractivity contribution in [2.75, 3.05) is 0 Å². The predicted molar refractivity (Wildman–Crippen MR) is 106 cm³/mol. The van der Waals surface area contributed by atoms with Gasteiger partial charge in [0.2, 0.25) is 0 Å². The standard InChI is InChI=1S/C16H28ClN2PSi2/c1-13-9-11-14(12-10-13)15(2)18-19-16(20(15)17,21(3,4)5)22(6,7)8/h9-12H,1-8H3/t15-,20-/m0/s1. The molecule has 22 heavy (non-hydrogen) atoms. The fourth-order valence-electron chi connectivity index (χ4n) is 3.62. The van der Waals surface area contributed by atoms with Gasteiger partial charge in [0.05, 0.1) is 20.7 Å². The van der Waals surface area contributed by atoms with E-state index in [-0.39, 0.29) is 9.81 Å². The van der Waals surface area contributed by atoms with Gasteiger partial charge in [-0.3, -0.25) is 0 Å². The lowest BCUT2D eigenvalue weighted by molar-refractivity contribution is 0.697. The second kappa shape index (κ2) is 5.51. The third-order valence-corrected chi connectivity index (χ3v) is 23.3. The molecule has 0 saturated carbocycles. The van der Waals surface area contributed by atoms with Gasteiger partial charge in [0.15, 0.2) is 0 Å². The van der Waals surface area contributed by atoms with Gasteiger partial charge in [-0.2, -0.15) is 10.2 Å². The molecule has 1 aromatic rings. The summed E-state index contributed by atoms with van der Waals surface area (Å²) in [5.74, 6) is 0. The molecule has 0 unspecified atom stereocenters. The molecule has 2 atom stereocenters. The average molecular weight is 371 g/mol. The van der Waals surface area contributed by atoms with Crippen molar-refractivity contribution in [2.24, 2.45) is 10.2 Å². The average Bonchev–Trinajstić information content (AvgIpc) is 2.64. The summed E-state index contributed by atoms with van der Waals surface area (Å²) in [6.45, 7) is 18.7. The van der Waals surface area contributed by atoms with Gasteiger partial charge in [-0.25, -0.2) is 0 Å². The van der Waals surface area contributed by atoms with Gasteiger partial charge in [0.1, 0.15) is 5.28 Å². The number of hydrogen-bond acceptors (Lipinski definition) is 2. The van der Waals surface area contributed by atoms with Crippen LogP contribution in [0.4, 0.5) is 0 Å². The lowest BCUT2D eigenvalue weighted by Gasteiger charge is -2.49.